The molecular weight excluding hydrogens is 270 g/mol. The molecule has 5 heteroatoms. The van der Waals surface area contributed by atoms with Gasteiger partial charge in [0.15, 0.2) is 0 Å². The molecule has 1 nitrogen and oxygen atoms in total. The Bertz CT molecular complexity index is 456. The van der Waals surface area contributed by atoms with Crippen LogP contribution in [0.2, 0.25) is 0 Å². The van der Waals surface area contributed by atoms with Crippen LogP contribution < -0.4 is 5.32 Å². The third-order valence-corrected chi connectivity index (χ3v) is 3.87. The van der Waals surface area contributed by atoms with E-state index in [2.05, 4.69) is 12.2 Å². The summed E-state index contributed by atoms with van der Waals surface area (Å²) in [5.41, 5.74) is -0.717. The second kappa shape index (κ2) is 6.12. The van der Waals surface area contributed by atoms with Crippen molar-refractivity contribution in [1.29, 1.82) is 0 Å². The van der Waals surface area contributed by atoms with Crippen LogP contribution in [0.1, 0.15) is 43.7 Å². The molecule has 2 unspecified atom stereocenters. The molecule has 0 bridgehead atoms. The minimum absolute atomic E-state index is 0.345. The molecule has 1 saturated carbocycles. The van der Waals surface area contributed by atoms with Crippen molar-refractivity contribution in [1.82, 2.24) is 5.32 Å². The number of hydrogen-bond acceptors (Lipinski definition) is 1. The van der Waals surface area contributed by atoms with Gasteiger partial charge < -0.3 is 5.32 Å². The van der Waals surface area contributed by atoms with Crippen molar-refractivity contribution in [3.05, 3.63) is 35.1 Å². The molecule has 0 saturated heterocycles. The van der Waals surface area contributed by atoms with Crippen LogP contribution in [-0.4, -0.2) is 6.04 Å². The molecule has 0 amide bonds. The summed E-state index contributed by atoms with van der Waals surface area (Å²) < 4.78 is 51.0. The smallest absolute Gasteiger partial charge is 0.310 e. The van der Waals surface area contributed by atoms with E-state index in [4.69, 9.17) is 0 Å². The van der Waals surface area contributed by atoms with E-state index in [9.17, 15) is 17.6 Å². The normalized spacial score (nSPS) is 23.9. The van der Waals surface area contributed by atoms with Gasteiger partial charge in [-0.2, -0.15) is 13.2 Å². The van der Waals surface area contributed by atoms with Crippen LogP contribution in [0.3, 0.4) is 0 Å². The molecule has 1 fully saturated rings. The number of halogens is 4. The van der Waals surface area contributed by atoms with Crippen LogP contribution in [-0.2, 0) is 12.7 Å². The zero-order chi connectivity index (χ0) is 14.8. The lowest BCUT2D eigenvalue weighted by Gasteiger charge is -2.27. The molecule has 20 heavy (non-hydrogen) atoms. The maximum absolute atomic E-state index is 13.2. The van der Waals surface area contributed by atoms with Crippen LogP contribution in [0.25, 0.3) is 0 Å². The lowest BCUT2D eigenvalue weighted by molar-refractivity contribution is -0.140. The SMILES string of the molecule is CC1CCCC(NCc2ccc(F)c(C(F)(F)F)c2)C1. The average Bonchev–Trinajstić information content (AvgIpc) is 2.36. The van der Waals surface area contributed by atoms with Crippen molar-refractivity contribution in [3.63, 3.8) is 0 Å². The van der Waals surface area contributed by atoms with E-state index in [1.165, 1.54) is 12.5 Å². The van der Waals surface area contributed by atoms with Crippen LogP contribution in [0.15, 0.2) is 18.2 Å². The van der Waals surface area contributed by atoms with Gasteiger partial charge in [-0.1, -0.05) is 25.8 Å². The van der Waals surface area contributed by atoms with E-state index in [0.717, 1.165) is 31.4 Å². The standard InChI is InChI=1S/C15H19F4N/c1-10-3-2-4-12(7-10)20-9-11-5-6-14(16)13(8-11)15(17,18)19/h5-6,8,10,12,20H,2-4,7,9H2,1H3. The highest BCUT2D eigenvalue weighted by Crippen LogP contribution is 2.32. The Hall–Kier alpha value is -1.10. The molecule has 0 radical (unpaired) electrons. The number of nitrogens with one attached hydrogen (secondary N) is 1. The second-order valence-electron chi connectivity index (χ2n) is 5.66. The molecule has 2 atom stereocenters. The van der Waals surface area contributed by atoms with Crippen molar-refractivity contribution < 1.29 is 17.6 Å². The molecule has 1 aliphatic carbocycles. The molecule has 0 heterocycles. The number of hydrogen-bond donors (Lipinski definition) is 1. The summed E-state index contributed by atoms with van der Waals surface area (Å²) in [6.07, 6.45) is -0.173. The largest absolute Gasteiger partial charge is 0.419 e. The van der Waals surface area contributed by atoms with Gasteiger partial charge in [-0.25, -0.2) is 4.39 Å². The summed E-state index contributed by atoms with van der Waals surface area (Å²) in [5, 5.41) is 3.28. The summed E-state index contributed by atoms with van der Waals surface area (Å²) >= 11 is 0. The predicted molar refractivity (Wildman–Crippen MR) is 69.7 cm³/mol. The van der Waals surface area contributed by atoms with Crippen molar-refractivity contribution >= 4 is 0 Å². The third kappa shape index (κ3) is 3.95. The van der Waals surface area contributed by atoms with E-state index in [1.54, 1.807) is 0 Å². The fourth-order valence-electron chi connectivity index (χ4n) is 2.78. The highest BCUT2D eigenvalue weighted by Gasteiger charge is 2.34. The van der Waals surface area contributed by atoms with Crippen LogP contribution >= 0.6 is 0 Å². The zero-order valence-electron chi connectivity index (χ0n) is 11.4. The topological polar surface area (TPSA) is 12.0 Å². The summed E-state index contributed by atoms with van der Waals surface area (Å²) in [7, 11) is 0. The maximum atomic E-state index is 13.2. The molecule has 1 N–H and O–H groups in total. The highest BCUT2D eigenvalue weighted by molar-refractivity contribution is 5.27. The minimum Gasteiger partial charge on any atom is -0.310 e. The summed E-state index contributed by atoms with van der Waals surface area (Å²) in [6.45, 7) is 2.54. The van der Waals surface area contributed by atoms with E-state index < -0.39 is 17.6 Å². The van der Waals surface area contributed by atoms with Crippen molar-refractivity contribution in [3.8, 4) is 0 Å². The highest BCUT2D eigenvalue weighted by atomic mass is 19.4. The molecule has 1 aliphatic rings. The Labute approximate surface area is 116 Å². The van der Waals surface area contributed by atoms with Gasteiger partial charge in [0, 0.05) is 12.6 Å². The lowest BCUT2D eigenvalue weighted by atomic mass is 9.87. The third-order valence-electron chi connectivity index (χ3n) is 3.87. The second-order valence-corrected chi connectivity index (χ2v) is 5.66. The number of benzene rings is 1. The molecule has 1 aromatic carbocycles. The van der Waals surface area contributed by atoms with Gasteiger partial charge in [-0.3, -0.25) is 0 Å². The number of alkyl halides is 3. The Morgan fingerprint density at radius 3 is 2.65 bits per heavy atom. The summed E-state index contributed by atoms with van der Waals surface area (Å²) in [4.78, 5) is 0. The van der Waals surface area contributed by atoms with Crippen LogP contribution in [0.5, 0.6) is 0 Å². The van der Waals surface area contributed by atoms with Gasteiger partial charge in [0.2, 0.25) is 0 Å². The van der Waals surface area contributed by atoms with E-state index >= 15 is 0 Å². The first-order valence-electron chi connectivity index (χ1n) is 6.95. The fraction of sp³-hybridized carbons (Fsp3) is 0.600. The average molecular weight is 289 g/mol. The monoisotopic (exact) mass is 289 g/mol. The van der Waals surface area contributed by atoms with Gasteiger partial charge >= 0.3 is 6.18 Å². The predicted octanol–water partition coefficient (Wildman–Crippen LogP) is 4.51. The first-order valence-corrected chi connectivity index (χ1v) is 6.95. The van der Waals surface area contributed by atoms with Crippen molar-refractivity contribution in [2.45, 2.75) is 51.4 Å². The van der Waals surface area contributed by atoms with Gasteiger partial charge in [-0.15, -0.1) is 0 Å². The van der Waals surface area contributed by atoms with Crippen LogP contribution in [0, 0.1) is 11.7 Å². The molecule has 1 aromatic rings. The lowest BCUT2D eigenvalue weighted by Crippen LogP contribution is -2.33. The first kappa shape index (κ1) is 15.3. The molecule has 0 aromatic heterocycles. The minimum atomic E-state index is -4.64. The molecule has 0 aliphatic heterocycles. The van der Waals surface area contributed by atoms with Gasteiger partial charge in [0.25, 0.3) is 0 Å². The van der Waals surface area contributed by atoms with E-state index in [-0.39, 0.29) is 0 Å². The zero-order valence-corrected chi connectivity index (χ0v) is 11.4. The Morgan fingerprint density at radius 1 is 1.25 bits per heavy atom. The summed E-state index contributed by atoms with van der Waals surface area (Å²) in [6, 6.07) is 3.54. The Kier molecular flexibility index (Phi) is 4.68. The fourth-order valence-corrected chi connectivity index (χ4v) is 2.78. The molecule has 0 spiro atoms. The van der Waals surface area contributed by atoms with E-state index in [1.807, 2.05) is 0 Å². The van der Waals surface area contributed by atoms with Gasteiger partial charge in [0.05, 0.1) is 5.56 Å². The Morgan fingerprint density at radius 2 is 2.00 bits per heavy atom. The molecule has 112 valence electrons. The number of rotatable bonds is 3. The van der Waals surface area contributed by atoms with Crippen molar-refractivity contribution in [2.24, 2.45) is 5.92 Å². The van der Waals surface area contributed by atoms with Gasteiger partial charge in [-0.05, 0) is 36.5 Å². The first-order chi connectivity index (χ1) is 9.36. The van der Waals surface area contributed by atoms with Gasteiger partial charge in [0.1, 0.15) is 5.82 Å². The Balaban J connectivity index is 1.99. The maximum Gasteiger partial charge on any atom is 0.419 e. The molecular formula is C15H19F4N. The van der Waals surface area contributed by atoms with Crippen LogP contribution in [0.4, 0.5) is 17.6 Å². The van der Waals surface area contributed by atoms with Crippen molar-refractivity contribution in [2.75, 3.05) is 0 Å². The van der Waals surface area contributed by atoms with E-state index in [0.29, 0.717) is 24.1 Å². The quantitative estimate of drug-likeness (QED) is 0.807. The molecule has 2 rings (SSSR count). The summed E-state index contributed by atoms with van der Waals surface area (Å²) in [5.74, 6) is -0.562.